The highest BCUT2D eigenvalue weighted by Crippen LogP contribution is 2.22. The Morgan fingerprint density at radius 1 is 1.33 bits per heavy atom. The molecular formula is C9H11Cl2N. The zero-order valence-corrected chi connectivity index (χ0v) is 8.36. The van der Waals surface area contributed by atoms with Gasteiger partial charge in [-0.3, -0.25) is 0 Å². The van der Waals surface area contributed by atoms with E-state index in [1.165, 1.54) is 0 Å². The largest absolute Gasteiger partial charge is 0.328 e. The Hall–Kier alpha value is -0.240. The molecule has 1 aromatic rings. The minimum absolute atomic E-state index is 0.155. The lowest BCUT2D eigenvalue weighted by atomic mass is 10.1. The first kappa shape index (κ1) is 9.85. The number of nitrogens with two attached hydrogens (primary N) is 1. The summed E-state index contributed by atoms with van der Waals surface area (Å²) >= 11 is 11.6. The molecule has 1 nitrogen and oxygen atoms in total. The highest BCUT2D eigenvalue weighted by atomic mass is 35.5. The molecular weight excluding hydrogens is 193 g/mol. The maximum absolute atomic E-state index is 5.82. The summed E-state index contributed by atoms with van der Waals surface area (Å²) in [4.78, 5) is 0. The average Bonchev–Trinajstić information content (AvgIpc) is 1.96. The second kappa shape index (κ2) is 4.13. The second-order valence-corrected chi connectivity index (χ2v) is 3.74. The quantitative estimate of drug-likeness (QED) is 0.787. The molecule has 0 heterocycles. The molecule has 0 unspecified atom stereocenters. The standard InChI is InChI=1S/C9H11Cl2N/c1-6(12)4-7-2-3-8(10)9(11)5-7/h2-3,5-6H,4,12H2,1H3/t6-/m0/s1. The summed E-state index contributed by atoms with van der Waals surface area (Å²) in [6, 6.07) is 5.74. The van der Waals surface area contributed by atoms with Gasteiger partial charge >= 0.3 is 0 Å². The minimum Gasteiger partial charge on any atom is -0.328 e. The van der Waals surface area contributed by atoms with Crippen molar-refractivity contribution in [3.05, 3.63) is 33.8 Å². The van der Waals surface area contributed by atoms with Crippen LogP contribution in [0, 0.1) is 0 Å². The molecule has 0 aliphatic rings. The zero-order chi connectivity index (χ0) is 9.14. The number of hydrogen-bond acceptors (Lipinski definition) is 1. The topological polar surface area (TPSA) is 26.0 Å². The van der Waals surface area contributed by atoms with Gasteiger partial charge in [0.15, 0.2) is 0 Å². The van der Waals surface area contributed by atoms with Crippen LogP contribution in [0.25, 0.3) is 0 Å². The third kappa shape index (κ3) is 2.67. The molecule has 0 amide bonds. The van der Waals surface area contributed by atoms with Crippen LogP contribution in [0.4, 0.5) is 0 Å². The van der Waals surface area contributed by atoms with Crippen molar-refractivity contribution >= 4 is 23.2 Å². The second-order valence-electron chi connectivity index (χ2n) is 2.93. The van der Waals surface area contributed by atoms with Crippen molar-refractivity contribution in [2.75, 3.05) is 0 Å². The predicted molar refractivity (Wildman–Crippen MR) is 53.8 cm³/mol. The van der Waals surface area contributed by atoms with Crippen LogP contribution in [-0.4, -0.2) is 6.04 Å². The van der Waals surface area contributed by atoms with Gasteiger partial charge in [0.05, 0.1) is 10.0 Å². The fraction of sp³-hybridized carbons (Fsp3) is 0.333. The molecule has 1 rings (SSSR count). The monoisotopic (exact) mass is 203 g/mol. The van der Waals surface area contributed by atoms with E-state index >= 15 is 0 Å². The molecule has 2 N–H and O–H groups in total. The van der Waals surface area contributed by atoms with Crippen molar-refractivity contribution in [1.82, 2.24) is 0 Å². The van der Waals surface area contributed by atoms with Gasteiger partial charge in [0.25, 0.3) is 0 Å². The molecule has 0 bridgehead atoms. The molecule has 0 radical (unpaired) electrons. The van der Waals surface area contributed by atoms with Gasteiger partial charge in [-0.05, 0) is 31.0 Å². The Labute approximate surface area is 82.5 Å². The van der Waals surface area contributed by atoms with E-state index in [2.05, 4.69) is 0 Å². The van der Waals surface area contributed by atoms with Gasteiger partial charge < -0.3 is 5.73 Å². The van der Waals surface area contributed by atoms with E-state index in [1.807, 2.05) is 19.1 Å². The molecule has 0 aromatic heterocycles. The van der Waals surface area contributed by atoms with Gasteiger partial charge in [-0.25, -0.2) is 0 Å². The van der Waals surface area contributed by atoms with Crippen LogP contribution in [0.1, 0.15) is 12.5 Å². The molecule has 66 valence electrons. The smallest absolute Gasteiger partial charge is 0.0595 e. The lowest BCUT2D eigenvalue weighted by molar-refractivity contribution is 0.738. The SMILES string of the molecule is C[C@H](N)Cc1ccc(Cl)c(Cl)c1. The normalized spacial score (nSPS) is 13.0. The van der Waals surface area contributed by atoms with Crippen LogP contribution in [-0.2, 0) is 6.42 Å². The summed E-state index contributed by atoms with van der Waals surface area (Å²) in [6.07, 6.45) is 0.830. The summed E-state index contributed by atoms with van der Waals surface area (Å²) < 4.78 is 0. The lowest BCUT2D eigenvalue weighted by Gasteiger charge is -2.05. The first-order chi connectivity index (χ1) is 5.59. The molecule has 0 aliphatic heterocycles. The first-order valence-electron chi connectivity index (χ1n) is 3.79. The third-order valence-electron chi connectivity index (χ3n) is 1.54. The van der Waals surface area contributed by atoms with Crippen LogP contribution < -0.4 is 5.73 Å². The maximum Gasteiger partial charge on any atom is 0.0595 e. The molecule has 3 heteroatoms. The van der Waals surface area contributed by atoms with Crippen LogP contribution in [0.5, 0.6) is 0 Å². The van der Waals surface area contributed by atoms with E-state index in [4.69, 9.17) is 28.9 Å². The van der Waals surface area contributed by atoms with Crippen molar-refractivity contribution < 1.29 is 0 Å². The lowest BCUT2D eigenvalue weighted by Crippen LogP contribution is -2.17. The van der Waals surface area contributed by atoms with Gasteiger partial charge in [-0.2, -0.15) is 0 Å². The van der Waals surface area contributed by atoms with Gasteiger partial charge in [-0.15, -0.1) is 0 Å². The predicted octanol–water partition coefficient (Wildman–Crippen LogP) is 2.88. The Morgan fingerprint density at radius 2 is 2.00 bits per heavy atom. The fourth-order valence-corrected chi connectivity index (χ4v) is 1.36. The van der Waals surface area contributed by atoms with Gasteiger partial charge in [0.1, 0.15) is 0 Å². The highest BCUT2D eigenvalue weighted by Gasteiger charge is 2.01. The molecule has 1 atom stereocenters. The molecule has 0 fully saturated rings. The third-order valence-corrected chi connectivity index (χ3v) is 2.28. The Bertz CT molecular complexity index is 271. The molecule has 0 aliphatic carbocycles. The molecule has 0 spiro atoms. The summed E-state index contributed by atoms with van der Waals surface area (Å²) in [5.74, 6) is 0. The summed E-state index contributed by atoms with van der Waals surface area (Å²) in [7, 11) is 0. The van der Waals surface area contributed by atoms with Gasteiger partial charge in [0, 0.05) is 6.04 Å². The van der Waals surface area contributed by atoms with E-state index < -0.39 is 0 Å². The Balaban J connectivity index is 2.82. The van der Waals surface area contributed by atoms with Crippen LogP contribution in [0.15, 0.2) is 18.2 Å². The van der Waals surface area contributed by atoms with Crippen molar-refractivity contribution in [2.24, 2.45) is 5.73 Å². The maximum atomic E-state index is 5.82. The number of hydrogen-bond donors (Lipinski definition) is 1. The highest BCUT2D eigenvalue weighted by molar-refractivity contribution is 6.42. The molecule has 1 aromatic carbocycles. The number of benzene rings is 1. The van der Waals surface area contributed by atoms with Crippen molar-refractivity contribution in [3.8, 4) is 0 Å². The first-order valence-corrected chi connectivity index (χ1v) is 4.54. The van der Waals surface area contributed by atoms with E-state index in [9.17, 15) is 0 Å². The Morgan fingerprint density at radius 3 is 2.50 bits per heavy atom. The minimum atomic E-state index is 0.155. The van der Waals surface area contributed by atoms with Crippen molar-refractivity contribution in [2.45, 2.75) is 19.4 Å². The number of halogens is 2. The van der Waals surface area contributed by atoms with Gasteiger partial charge in [-0.1, -0.05) is 29.3 Å². The van der Waals surface area contributed by atoms with E-state index in [0.717, 1.165) is 12.0 Å². The molecule has 12 heavy (non-hydrogen) atoms. The summed E-state index contributed by atoms with van der Waals surface area (Å²) in [5, 5.41) is 1.18. The van der Waals surface area contributed by atoms with E-state index in [-0.39, 0.29) is 6.04 Å². The van der Waals surface area contributed by atoms with Gasteiger partial charge in [0.2, 0.25) is 0 Å². The van der Waals surface area contributed by atoms with E-state index in [1.54, 1.807) is 6.07 Å². The van der Waals surface area contributed by atoms with Crippen LogP contribution in [0.2, 0.25) is 10.0 Å². The van der Waals surface area contributed by atoms with Crippen molar-refractivity contribution in [3.63, 3.8) is 0 Å². The zero-order valence-electron chi connectivity index (χ0n) is 6.85. The average molecular weight is 204 g/mol. The fourth-order valence-electron chi connectivity index (χ4n) is 1.04. The van der Waals surface area contributed by atoms with E-state index in [0.29, 0.717) is 10.0 Å². The number of rotatable bonds is 2. The van der Waals surface area contributed by atoms with Crippen LogP contribution >= 0.6 is 23.2 Å². The molecule has 0 saturated heterocycles. The molecule has 0 saturated carbocycles. The van der Waals surface area contributed by atoms with Crippen LogP contribution in [0.3, 0.4) is 0 Å². The summed E-state index contributed by atoms with van der Waals surface area (Å²) in [6.45, 7) is 1.96. The van der Waals surface area contributed by atoms with Crippen molar-refractivity contribution in [1.29, 1.82) is 0 Å². The summed E-state index contributed by atoms with van der Waals surface area (Å²) in [5.41, 5.74) is 6.76. The Kier molecular flexibility index (Phi) is 3.39.